The molecule has 7 nitrogen and oxygen atoms in total. The van der Waals surface area contributed by atoms with E-state index in [1.54, 1.807) is 4.57 Å². The van der Waals surface area contributed by atoms with Crippen molar-refractivity contribution in [2.45, 2.75) is 18.5 Å². The Kier molecular flexibility index (Phi) is 5.12. The normalized spacial score (nSPS) is 13.9. The summed E-state index contributed by atoms with van der Waals surface area (Å²) in [5.41, 5.74) is 2.83. The van der Waals surface area contributed by atoms with Crippen LogP contribution in [0.3, 0.4) is 0 Å². The molecular formula is C21H21N5O2S. The van der Waals surface area contributed by atoms with Gasteiger partial charge in [0.2, 0.25) is 5.88 Å². The van der Waals surface area contributed by atoms with Crippen LogP contribution in [0.2, 0.25) is 0 Å². The molecule has 1 amide bonds. The lowest BCUT2D eigenvalue weighted by molar-refractivity contribution is -0.114. The first kappa shape index (κ1) is 19.2. The average molecular weight is 407 g/mol. The zero-order chi connectivity index (χ0) is 20.5. The number of allylic oxidation sites excluding steroid dienone is 1. The van der Waals surface area contributed by atoms with E-state index in [0.717, 1.165) is 27.2 Å². The number of amides is 1. The molecule has 2 aromatic carbocycles. The maximum atomic E-state index is 12.7. The standard InChI is InChI=1S/C21H21N5O2S/c1-13-19(29-17-11-7-5-9-15(17)22-13)20(27)24-23-18-14-8-4-6-10-16(14)26(21(18)28)12-25(2)3/h4-11,22,28H,12H2,1-3H3. The molecule has 2 N–H and O–H groups in total. The summed E-state index contributed by atoms with van der Waals surface area (Å²) in [7, 11) is 3.83. The molecule has 0 atom stereocenters. The fourth-order valence-electron chi connectivity index (χ4n) is 3.25. The first-order valence-corrected chi connectivity index (χ1v) is 9.93. The van der Waals surface area contributed by atoms with Crippen molar-refractivity contribution in [3.05, 3.63) is 59.1 Å². The third-order valence-electron chi connectivity index (χ3n) is 4.54. The monoisotopic (exact) mass is 407 g/mol. The van der Waals surface area contributed by atoms with Crippen LogP contribution in [0.25, 0.3) is 10.9 Å². The van der Waals surface area contributed by atoms with Gasteiger partial charge in [-0.3, -0.25) is 14.3 Å². The molecule has 0 fully saturated rings. The highest BCUT2D eigenvalue weighted by molar-refractivity contribution is 8.04. The van der Waals surface area contributed by atoms with Crippen LogP contribution in [0.4, 0.5) is 11.4 Å². The highest BCUT2D eigenvalue weighted by Gasteiger charge is 2.22. The average Bonchev–Trinajstić information content (AvgIpc) is 2.96. The largest absolute Gasteiger partial charge is 0.493 e. The molecule has 0 bridgehead atoms. The topological polar surface area (TPSA) is 82.2 Å². The van der Waals surface area contributed by atoms with Crippen molar-refractivity contribution in [2.24, 2.45) is 10.2 Å². The van der Waals surface area contributed by atoms with Crippen LogP contribution >= 0.6 is 11.8 Å². The lowest BCUT2D eigenvalue weighted by Crippen LogP contribution is -2.16. The molecule has 0 saturated heterocycles. The number of nitrogens with zero attached hydrogens (tertiary/aromatic N) is 4. The number of thioether (sulfide) groups is 1. The minimum atomic E-state index is -0.446. The Morgan fingerprint density at radius 1 is 1.17 bits per heavy atom. The van der Waals surface area contributed by atoms with Gasteiger partial charge in [-0.05, 0) is 39.2 Å². The van der Waals surface area contributed by atoms with Gasteiger partial charge in [-0.15, -0.1) is 10.2 Å². The third kappa shape index (κ3) is 3.64. The molecule has 0 spiro atoms. The molecular weight excluding hydrogens is 386 g/mol. The van der Waals surface area contributed by atoms with Gasteiger partial charge in [0.05, 0.1) is 17.9 Å². The summed E-state index contributed by atoms with van der Waals surface area (Å²) in [6.07, 6.45) is 0. The number of carbonyl (C=O) groups is 1. The van der Waals surface area contributed by atoms with Crippen molar-refractivity contribution in [1.29, 1.82) is 0 Å². The Hall–Kier alpha value is -3.10. The van der Waals surface area contributed by atoms with E-state index < -0.39 is 5.91 Å². The van der Waals surface area contributed by atoms with Crippen LogP contribution in [0, 0.1) is 0 Å². The maximum absolute atomic E-state index is 12.7. The summed E-state index contributed by atoms with van der Waals surface area (Å²) in [4.78, 5) is 16.1. The van der Waals surface area contributed by atoms with Crippen molar-refractivity contribution < 1.29 is 9.90 Å². The highest BCUT2D eigenvalue weighted by atomic mass is 32.2. The van der Waals surface area contributed by atoms with E-state index >= 15 is 0 Å². The van der Waals surface area contributed by atoms with Crippen LogP contribution in [0.15, 0.2) is 74.3 Å². The Morgan fingerprint density at radius 2 is 1.90 bits per heavy atom. The molecule has 148 valence electrons. The summed E-state index contributed by atoms with van der Waals surface area (Å²) in [6.45, 7) is 2.32. The van der Waals surface area contributed by atoms with Gasteiger partial charge in [-0.2, -0.15) is 0 Å². The van der Waals surface area contributed by atoms with Gasteiger partial charge in [-0.25, -0.2) is 0 Å². The van der Waals surface area contributed by atoms with Gasteiger partial charge in [0.1, 0.15) is 4.91 Å². The van der Waals surface area contributed by atoms with Gasteiger partial charge >= 0.3 is 5.91 Å². The third-order valence-corrected chi connectivity index (χ3v) is 5.80. The molecule has 1 aromatic heterocycles. The van der Waals surface area contributed by atoms with Gasteiger partial charge < -0.3 is 10.4 Å². The number of nitrogens with one attached hydrogen (secondary N) is 1. The van der Waals surface area contributed by atoms with Gasteiger partial charge in [0, 0.05) is 16.0 Å². The van der Waals surface area contributed by atoms with Crippen molar-refractivity contribution in [3.8, 4) is 5.88 Å². The van der Waals surface area contributed by atoms with Crippen molar-refractivity contribution in [1.82, 2.24) is 9.47 Å². The number of aromatic hydroxyl groups is 1. The maximum Gasteiger partial charge on any atom is 0.303 e. The molecule has 0 aliphatic carbocycles. The summed E-state index contributed by atoms with van der Waals surface area (Å²) >= 11 is 1.37. The molecule has 8 heteroatoms. The number of fused-ring (bicyclic) bond motifs is 2. The van der Waals surface area contributed by atoms with Crippen LogP contribution in [-0.4, -0.2) is 34.6 Å². The molecule has 1 aliphatic heterocycles. The first-order valence-electron chi connectivity index (χ1n) is 9.11. The first-order chi connectivity index (χ1) is 14.0. The zero-order valence-electron chi connectivity index (χ0n) is 16.4. The van der Waals surface area contributed by atoms with Crippen molar-refractivity contribution in [2.75, 3.05) is 19.4 Å². The van der Waals surface area contributed by atoms with E-state index in [1.807, 2.05) is 74.4 Å². The number of azo groups is 1. The van der Waals surface area contributed by atoms with E-state index in [9.17, 15) is 9.90 Å². The Morgan fingerprint density at radius 3 is 2.69 bits per heavy atom. The number of carbonyl (C=O) groups excluding carboxylic acids is 1. The minimum Gasteiger partial charge on any atom is -0.493 e. The molecule has 29 heavy (non-hydrogen) atoms. The predicted octanol–water partition coefficient (Wildman–Crippen LogP) is 4.93. The van der Waals surface area contributed by atoms with E-state index in [-0.39, 0.29) is 5.88 Å². The molecule has 0 radical (unpaired) electrons. The van der Waals surface area contributed by atoms with E-state index in [2.05, 4.69) is 15.5 Å². The fourth-order valence-corrected chi connectivity index (χ4v) is 4.17. The second kappa shape index (κ2) is 7.73. The molecule has 0 saturated carbocycles. The van der Waals surface area contributed by atoms with E-state index in [1.165, 1.54) is 11.8 Å². The molecule has 0 unspecified atom stereocenters. The number of benzene rings is 2. The smallest absolute Gasteiger partial charge is 0.303 e. The van der Waals surface area contributed by atoms with Crippen LogP contribution < -0.4 is 5.32 Å². The van der Waals surface area contributed by atoms with E-state index in [4.69, 9.17) is 0 Å². The van der Waals surface area contributed by atoms with Crippen LogP contribution in [0.1, 0.15) is 6.92 Å². The number of hydrogen-bond acceptors (Lipinski definition) is 6. The van der Waals surface area contributed by atoms with Gasteiger partial charge in [0.15, 0.2) is 5.69 Å². The molecule has 4 rings (SSSR count). The van der Waals surface area contributed by atoms with Gasteiger partial charge in [0.25, 0.3) is 0 Å². The number of para-hydroxylation sites is 2. The Bertz CT molecular complexity index is 1160. The second-order valence-electron chi connectivity index (χ2n) is 7.02. The number of rotatable bonds is 4. The summed E-state index contributed by atoms with van der Waals surface area (Å²) in [5.74, 6) is -0.458. The minimum absolute atomic E-state index is 0.0121. The fraction of sp³-hybridized carbons (Fsp3) is 0.190. The van der Waals surface area contributed by atoms with Crippen LogP contribution in [-0.2, 0) is 11.5 Å². The summed E-state index contributed by atoms with van der Waals surface area (Å²) in [5, 5.41) is 22.7. The second-order valence-corrected chi connectivity index (χ2v) is 8.07. The quantitative estimate of drug-likeness (QED) is 0.600. The van der Waals surface area contributed by atoms with Crippen LogP contribution in [0.5, 0.6) is 5.88 Å². The van der Waals surface area contributed by atoms with Crippen molar-refractivity contribution >= 4 is 39.9 Å². The number of anilines is 1. The summed E-state index contributed by atoms with van der Waals surface area (Å²) in [6, 6.07) is 15.3. The summed E-state index contributed by atoms with van der Waals surface area (Å²) < 4.78 is 1.74. The zero-order valence-corrected chi connectivity index (χ0v) is 17.2. The lowest BCUT2D eigenvalue weighted by atomic mass is 10.2. The van der Waals surface area contributed by atoms with Crippen molar-refractivity contribution in [3.63, 3.8) is 0 Å². The lowest BCUT2D eigenvalue weighted by Gasteiger charge is -2.19. The van der Waals surface area contributed by atoms with E-state index in [0.29, 0.717) is 17.3 Å². The molecule has 2 heterocycles. The molecule has 1 aliphatic rings. The predicted molar refractivity (Wildman–Crippen MR) is 115 cm³/mol. The Balaban J connectivity index is 1.67. The SMILES string of the molecule is CC1=C(C(=O)N=Nc2c(O)n(CN(C)C)c3ccccc23)Sc2ccccc2N1. The molecule has 3 aromatic rings. The van der Waals surface area contributed by atoms with Gasteiger partial charge in [-0.1, -0.05) is 42.1 Å². The number of aromatic nitrogens is 1. The Labute approximate surface area is 172 Å². The highest BCUT2D eigenvalue weighted by Crippen LogP contribution is 2.41. The number of hydrogen-bond donors (Lipinski definition) is 2.